The fourth-order valence-corrected chi connectivity index (χ4v) is 4.22. The van der Waals surface area contributed by atoms with Crippen LogP contribution in [0.1, 0.15) is 10.8 Å². The highest BCUT2D eigenvalue weighted by Gasteiger charge is 2.17. The first-order valence-corrected chi connectivity index (χ1v) is 8.74. The summed E-state index contributed by atoms with van der Waals surface area (Å²) in [5.74, 6) is 0.806. The van der Waals surface area contributed by atoms with E-state index in [2.05, 4.69) is 14.9 Å². The van der Waals surface area contributed by atoms with Crippen LogP contribution in [0, 0.1) is 13.8 Å². The van der Waals surface area contributed by atoms with Crippen LogP contribution in [0.3, 0.4) is 0 Å². The number of nitrogens with zero attached hydrogens (tertiary/aromatic N) is 2. The maximum Gasteiger partial charge on any atom is 0.271 e. The lowest BCUT2D eigenvalue weighted by Gasteiger charge is -2.07. The second-order valence-electron chi connectivity index (χ2n) is 4.68. The van der Waals surface area contributed by atoms with E-state index in [-0.39, 0.29) is 4.21 Å². The molecule has 114 valence electrons. The van der Waals surface area contributed by atoms with E-state index in [1.54, 1.807) is 43.3 Å². The summed E-state index contributed by atoms with van der Waals surface area (Å²) < 4.78 is 32.8. The number of thiophene rings is 1. The van der Waals surface area contributed by atoms with Crippen molar-refractivity contribution in [2.45, 2.75) is 18.1 Å². The summed E-state index contributed by atoms with van der Waals surface area (Å²) in [6, 6.07) is 10.2. The number of hydrogen-bond donors (Lipinski definition) is 1. The van der Waals surface area contributed by atoms with Gasteiger partial charge in [0.2, 0.25) is 11.8 Å². The normalized spacial score (nSPS) is 11.5. The molecule has 0 fully saturated rings. The smallest absolute Gasteiger partial charge is 0.271 e. The minimum absolute atomic E-state index is 0.282. The molecule has 1 aromatic carbocycles. The van der Waals surface area contributed by atoms with Crippen molar-refractivity contribution in [1.29, 1.82) is 0 Å². The Balaban J connectivity index is 1.90. The van der Waals surface area contributed by atoms with Gasteiger partial charge in [-0.1, -0.05) is 6.07 Å². The number of aromatic nitrogens is 2. The van der Waals surface area contributed by atoms with Crippen LogP contribution in [0.4, 0.5) is 5.69 Å². The zero-order valence-electron chi connectivity index (χ0n) is 11.9. The van der Waals surface area contributed by atoms with E-state index in [0.717, 1.165) is 4.88 Å². The number of anilines is 1. The number of aryl methyl sites for hydroxylation is 2. The van der Waals surface area contributed by atoms with Crippen molar-refractivity contribution in [1.82, 2.24) is 10.2 Å². The Kier molecular flexibility index (Phi) is 3.71. The van der Waals surface area contributed by atoms with Crippen LogP contribution in [0.5, 0.6) is 0 Å². The molecule has 0 bridgehead atoms. The highest BCUT2D eigenvalue weighted by molar-refractivity contribution is 7.94. The van der Waals surface area contributed by atoms with Gasteiger partial charge in [0, 0.05) is 23.1 Å². The Morgan fingerprint density at radius 3 is 2.59 bits per heavy atom. The van der Waals surface area contributed by atoms with Gasteiger partial charge < -0.3 is 4.42 Å². The van der Waals surface area contributed by atoms with Crippen molar-refractivity contribution in [3.05, 3.63) is 47.2 Å². The van der Waals surface area contributed by atoms with Crippen LogP contribution in [-0.2, 0) is 10.0 Å². The Bertz CT molecular complexity index is 913. The number of hydrogen-bond acceptors (Lipinski definition) is 6. The highest BCUT2D eigenvalue weighted by Crippen LogP contribution is 2.26. The van der Waals surface area contributed by atoms with E-state index in [9.17, 15) is 8.42 Å². The van der Waals surface area contributed by atoms with Gasteiger partial charge in [-0.2, -0.15) is 0 Å². The first-order valence-electron chi connectivity index (χ1n) is 6.44. The van der Waals surface area contributed by atoms with Crippen molar-refractivity contribution in [3.63, 3.8) is 0 Å². The summed E-state index contributed by atoms with van der Waals surface area (Å²) in [6.07, 6.45) is 0. The number of sulfonamides is 1. The zero-order valence-corrected chi connectivity index (χ0v) is 13.5. The predicted molar refractivity (Wildman–Crippen MR) is 84.3 cm³/mol. The molecule has 0 unspecified atom stereocenters. The minimum Gasteiger partial charge on any atom is -0.421 e. The van der Waals surface area contributed by atoms with Gasteiger partial charge in [0.15, 0.2) is 0 Å². The molecule has 2 aromatic heterocycles. The van der Waals surface area contributed by atoms with Gasteiger partial charge in [0.1, 0.15) is 4.21 Å². The summed E-state index contributed by atoms with van der Waals surface area (Å²) in [7, 11) is -3.58. The molecule has 6 nitrogen and oxygen atoms in total. The first-order chi connectivity index (χ1) is 10.4. The highest BCUT2D eigenvalue weighted by atomic mass is 32.2. The lowest BCUT2D eigenvalue weighted by molar-refractivity contribution is 0.533. The fourth-order valence-electron chi connectivity index (χ4n) is 1.89. The molecule has 0 saturated carbocycles. The summed E-state index contributed by atoms with van der Waals surface area (Å²) in [4.78, 5) is 0.940. The van der Waals surface area contributed by atoms with Gasteiger partial charge in [-0.05, 0) is 37.3 Å². The lowest BCUT2D eigenvalue weighted by atomic mass is 10.2. The quantitative estimate of drug-likeness (QED) is 0.791. The molecular formula is C14H13N3O3S2. The third kappa shape index (κ3) is 3.02. The second-order valence-corrected chi connectivity index (χ2v) is 7.87. The van der Waals surface area contributed by atoms with Crippen molar-refractivity contribution in [3.8, 4) is 11.5 Å². The van der Waals surface area contributed by atoms with Gasteiger partial charge in [-0.15, -0.1) is 21.5 Å². The average Bonchev–Trinajstić information content (AvgIpc) is 3.08. The lowest BCUT2D eigenvalue weighted by Crippen LogP contribution is -2.11. The molecule has 0 aliphatic heterocycles. The van der Waals surface area contributed by atoms with E-state index in [1.807, 2.05) is 6.92 Å². The van der Waals surface area contributed by atoms with Crippen LogP contribution < -0.4 is 4.72 Å². The van der Waals surface area contributed by atoms with Crippen molar-refractivity contribution < 1.29 is 12.8 Å². The maximum atomic E-state index is 12.3. The van der Waals surface area contributed by atoms with Gasteiger partial charge in [0.05, 0.1) is 0 Å². The van der Waals surface area contributed by atoms with E-state index >= 15 is 0 Å². The molecule has 0 saturated heterocycles. The van der Waals surface area contributed by atoms with Crippen LogP contribution in [-0.4, -0.2) is 18.6 Å². The molecule has 8 heteroatoms. The van der Waals surface area contributed by atoms with E-state index in [4.69, 9.17) is 4.42 Å². The fraction of sp³-hybridized carbons (Fsp3) is 0.143. The topological polar surface area (TPSA) is 85.1 Å². The predicted octanol–water partition coefficient (Wildman–Crippen LogP) is 3.22. The minimum atomic E-state index is -3.58. The summed E-state index contributed by atoms with van der Waals surface area (Å²) >= 11 is 1.23. The first kappa shape index (κ1) is 14.7. The standard InChI is InChI=1S/C14H13N3O3S2/c1-9-6-7-13(21-9)22(18,19)17-12-5-3-4-11(8-12)14-16-15-10(2)20-14/h3-8,17H,1-2H3. The molecule has 0 amide bonds. The van der Waals surface area contributed by atoms with Crippen LogP contribution in [0.15, 0.2) is 45.0 Å². The van der Waals surface area contributed by atoms with Crippen molar-refractivity contribution >= 4 is 27.0 Å². The molecule has 22 heavy (non-hydrogen) atoms. The monoisotopic (exact) mass is 335 g/mol. The third-order valence-electron chi connectivity index (χ3n) is 2.87. The molecule has 1 N–H and O–H groups in total. The average molecular weight is 335 g/mol. The number of nitrogens with one attached hydrogen (secondary N) is 1. The van der Waals surface area contributed by atoms with Gasteiger partial charge >= 0.3 is 0 Å². The Morgan fingerprint density at radius 2 is 1.95 bits per heavy atom. The molecule has 0 atom stereocenters. The molecular weight excluding hydrogens is 322 g/mol. The van der Waals surface area contributed by atoms with Crippen molar-refractivity contribution in [2.24, 2.45) is 0 Å². The van der Waals surface area contributed by atoms with Crippen LogP contribution in [0.25, 0.3) is 11.5 Å². The van der Waals surface area contributed by atoms with Gasteiger partial charge in [-0.3, -0.25) is 4.72 Å². The van der Waals surface area contributed by atoms with Gasteiger partial charge in [0.25, 0.3) is 10.0 Å². The number of rotatable bonds is 4. The van der Waals surface area contributed by atoms with Crippen LogP contribution >= 0.6 is 11.3 Å². The van der Waals surface area contributed by atoms with Crippen LogP contribution in [0.2, 0.25) is 0 Å². The molecule has 2 heterocycles. The number of benzene rings is 1. The molecule has 3 rings (SSSR count). The second kappa shape index (κ2) is 5.54. The SMILES string of the molecule is Cc1nnc(-c2cccc(NS(=O)(=O)c3ccc(C)s3)c2)o1. The van der Waals surface area contributed by atoms with E-state index in [1.165, 1.54) is 11.3 Å². The molecule has 3 aromatic rings. The molecule has 0 aliphatic rings. The summed E-state index contributed by atoms with van der Waals surface area (Å²) in [5, 5.41) is 7.69. The Morgan fingerprint density at radius 1 is 1.14 bits per heavy atom. The zero-order chi connectivity index (χ0) is 15.7. The summed E-state index contributed by atoms with van der Waals surface area (Å²) in [6.45, 7) is 3.56. The largest absolute Gasteiger partial charge is 0.421 e. The third-order valence-corrected chi connectivity index (χ3v) is 5.74. The van der Waals surface area contributed by atoms with Gasteiger partial charge in [-0.25, -0.2) is 8.42 Å². The summed E-state index contributed by atoms with van der Waals surface area (Å²) in [5.41, 5.74) is 1.10. The van der Waals surface area contributed by atoms with Crippen molar-refractivity contribution in [2.75, 3.05) is 4.72 Å². The van der Waals surface area contributed by atoms with E-state index < -0.39 is 10.0 Å². The Hall–Kier alpha value is -2.19. The molecule has 0 aliphatic carbocycles. The van der Waals surface area contributed by atoms with E-state index in [0.29, 0.717) is 23.0 Å². The molecule has 0 radical (unpaired) electrons. The molecule has 0 spiro atoms. The Labute approximate surface area is 131 Å². The maximum absolute atomic E-state index is 12.3.